The van der Waals surface area contributed by atoms with Crippen molar-refractivity contribution < 1.29 is 9.52 Å². The van der Waals surface area contributed by atoms with Gasteiger partial charge < -0.3 is 15.3 Å². The van der Waals surface area contributed by atoms with Gasteiger partial charge in [0.25, 0.3) is 0 Å². The number of aliphatic hydroxyl groups excluding tert-OH is 1. The van der Waals surface area contributed by atoms with Crippen molar-refractivity contribution in [3.05, 3.63) is 17.8 Å². The highest BCUT2D eigenvalue weighted by Crippen LogP contribution is 2.08. The predicted molar refractivity (Wildman–Crippen MR) is 35.0 cm³/mol. The average Bonchev–Trinajstić information content (AvgIpc) is 2.34. The molecule has 10 heavy (non-hydrogen) atoms. The zero-order valence-electron chi connectivity index (χ0n) is 5.74. The van der Waals surface area contributed by atoms with Gasteiger partial charge in [-0.2, -0.15) is 0 Å². The number of aromatic nitrogens is 1. The smallest absolute Gasteiger partial charge is 0.210 e. The standard InChI is InChI=1S/C6H10N2O2/c1-4(7)6-8-5(2-9)3-10-6/h3-4,9H,2,7H2,1H3/t4-/m1/s1. The maximum Gasteiger partial charge on any atom is 0.210 e. The van der Waals surface area contributed by atoms with Crippen LogP contribution < -0.4 is 5.73 Å². The lowest BCUT2D eigenvalue weighted by atomic mass is 10.4. The molecule has 0 aliphatic carbocycles. The second-order valence-corrected chi connectivity index (χ2v) is 2.12. The van der Waals surface area contributed by atoms with Crippen molar-refractivity contribution in [1.82, 2.24) is 4.98 Å². The molecule has 0 saturated carbocycles. The topological polar surface area (TPSA) is 72.3 Å². The monoisotopic (exact) mass is 142 g/mol. The molecule has 0 fully saturated rings. The molecule has 4 nitrogen and oxygen atoms in total. The number of nitrogens with zero attached hydrogens (tertiary/aromatic N) is 1. The first-order chi connectivity index (χ1) is 4.74. The summed E-state index contributed by atoms with van der Waals surface area (Å²) in [7, 11) is 0. The van der Waals surface area contributed by atoms with E-state index < -0.39 is 0 Å². The van der Waals surface area contributed by atoms with Gasteiger partial charge in [0.15, 0.2) is 0 Å². The Morgan fingerprint density at radius 1 is 1.90 bits per heavy atom. The lowest BCUT2D eigenvalue weighted by Gasteiger charge is -1.94. The molecule has 0 bridgehead atoms. The van der Waals surface area contributed by atoms with Crippen LogP contribution in [0.2, 0.25) is 0 Å². The third kappa shape index (κ3) is 1.34. The summed E-state index contributed by atoms with van der Waals surface area (Å²) in [6.07, 6.45) is 1.40. The van der Waals surface area contributed by atoms with Crippen molar-refractivity contribution in [3.63, 3.8) is 0 Å². The Kier molecular flexibility index (Phi) is 2.03. The summed E-state index contributed by atoms with van der Waals surface area (Å²) in [6, 6.07) is -0.208. The Morgan fingerprint density at radius 3 is 2.90 bits per heavy atom. The zero-order chi connectivity index (χ0) is 7.56. The van der Waals surface area contributed by atoms with Crippen LogP contribution in [0.1, 0.15) is 24.6 Å². The Labute approximate surface area is 58.7 Å². The molecule has 1 rings (SSSR count). The fourth-order valence-corrected chi connectivity index (χ4v) is 0.604. The van der Waals surface area contributed by atoms with Crippen molar-refractivity contribution in [3.8, 4) is 0 Å². The molecule has 0 aromatic carbocycles. The maximum absolute atomic E-state index is 8.57. The van der Waals surface area contributed by atoms with E-state index in [9.17, 15) is 0 Å². The summed E-state index contributed by atoms with van der Waals surface area (Å²) >= 11 is 0. The van der Waals surface area contributed by atoms with Gasteiger partial charge in [-0.1, -0.05) is 0 Å². The zero-order valence-corrected chi connectivity index (χ0v) is 5.74. The van der Waals surface area contributed by atoms with Gasteiger partial charge in [0.2, 0.25) is 5.89 Å². The number of rotatable bonds is 2. The molecule has 0 aliphatic rings. The number of aliphatic hydroxyl groups is 1. The number of oxazole rings is 1. The first-order valence-corrected chi connectivity index (χ1v) is 3.04. The van der Waals surface area contributed by atoms with Gasteiger partial charge >= 0.3 is 0 Å². The second kappa shape index (κ2) is 2.81. The first-order valence-electron chi connectivity index (χ1n) is 3.04. The fourth-order valence-electron chi connectivity index (χ4n) is 0.604. The molecule has 0 saturated heterocycles. The molecule has 1 aromatic heterocycles. The molecular weight excluding hydrogens is 132 g/mol. The van der Waals surface area contributed by atoms with Gasteiger partial charge in [-0.15, -0.1) is 0 Å². The van der Waals surface area contributed by atoms with Crippen molar-refractivity contribution >= 4 is 0 Å². The van der Waals surface area contributed by atoms with E-state index in [0.717, 1.165) is 0 Å². The van der Waals surface area contributed by atoms with Crippen LogP contribution in [0.4, 0.5) is 0 Å². The van der Waals surface area contributed by atoms with E-state index in [1.807, 2.05) is 0 Å². The summed E-state index contributed by atoms with van der Waals surface area (Å²) < 4.78 is 4.92. The predicted octanol–water partition coefficient (Wildman–Crippen LogP) is 0.187. The number of hydrogen-bond donors (Lipinski definition) is 2. The summed E-state index contributed by atoms with van der Waals surface area (Å²) in [4.78, 5) is 3.89. The van der Waals surface area contributed by atoms with Crippen LogP contribution in [-0.2, 0) is 6.61 Å². The lowest BCUT2D eigenvalue weighted by Crippen LogP contribution is -2.05. The van der Waals surface area contributed by atoms with Gasteiger partial charge in [-0.25, -0.2) is 4.98 Å². The van der Waals surface area contributed by atoms with Gasteiger partial charge in [-0.3, -0.25) is 0 Å². The summed E-state index contributed by atoms with van der Waals surface area (Å²) in [6.45, 7) is 1.67. The summed E-state index contributed by atoms with van der Waals surface area (Å²) in [5.74, 6) is 0.462. The Balaban J connectivity index is 2.78. The van der Waals surface area contributed by atoms with Gasteiger partial charge in [-0.05, 0) is 6.92 Å². The van der Waals surface area contributed by atoms with Crippen LogP contribution in [0.25, 0.3) is 0 Å². The Morgan fingerprint density at radius 2 is 2.60 bits per heavy atom. The van der Waals surface area contributed by atoms with Crippen molar-refractivity contribution in [2.24, 2.45) is 5.73 Å². The van der Waals surface area contributed by atoms with Crippen LogP contribution in [0, 0.1) is 0 Å². The molecule has 1 heterocycles. The fraction of sp³-hybridized carbons (Fsp3) is 0.500. The van der Waals surface area contributed by atoms with Crippen LogP contribution in [-0.4, -0.2) is 10.1 Å². The summed E-state index contributed by atoms with van der Waals surface area (Å²) in [5.41, 5.74) is 5.96. The van der Waals surface area contributed by atoms with Crippen LogP contribution in [0.3, 0.4) is 0 Å². The molecule has 1 aromatic rings. The summed E-state index contributed by atoms with van der Waals surface area (Å²) in [5, 5.41) is 8.57. The molecule has 1 atom stereocenters. The maximum atomic E-state index is 8.57. The molecule has 3 N–H and O–H groups in total. The number of hydrogen-bond acceptors (Lipinski definition) is 4. The van der Waals surface area contributed by atoms with E-state index in [4.69, 9.17) is 15.3 Å². The highest BCUT2D eigenvalue weighted by atomic mass is 16.3. The van der Waals surface area contributed by atoms with Crippen LogP contribution in [0.5, 0.6) is 0 Å². The van der Waals surface area contributed by atoms with Crippen LogP contribution in [0.15, 0.2) is 10.7 Å². The SMILES string of the molecule is C[C@@H](N)c1nc(CO)co1. The van der Waals surface area contributed by atoms with E-state index in [-0.39, 0.29) is 12.6 Å². The third-order valence-corrected chi connectivity index (χ3v) is 1.12. The van der Waals surface area contributed by atoms with Gasteiger partial charge in [0.05, 0.1) is 12.6 Å². The minimum atomic E-state index is -0.208. The number of nitrogens with two attached hydrogens (primary N) is 1. The molecule has 0 amide bonds. The molecular formula is C6H10N2O2. The molecule has 0 spiro atoms. The largest absolute Gasteiger partial charge is 0.447 e. The highest BCUT2D eigenvalue weighted by molar-refractivity contribution is 4.96. The normalized spacial score (nSPS) is 13.5. The lowest BCUT2D eigenvalue weighted by molar-refractivity contribution is 0.276. The Bertz CT molecular complexity index is 207. The van der Waals surface area contributed by atoms with Gasteiger partial charge in [0, 0.05) is 0 Å². The third-order valence-electron chi connectivity index (χ3n) is 1.12. The molecule has 0 unspecified atom stereocenters. The van der Waals surface area contributed by atoms with Crippen molar-refractivity contribution in [2.45, 2.75) is 19.6 Å². The second-order valence-electron chi connectivity index (χ2n) is 2.12. The van der Waals surface area contributed by atoms with E-state index in [0.29, 0.717) is 11.6 Å². The quantitative estimate of drug-likeness (QED) is 0.618. The minimum absolute atomic E-state index is 0.101. The van der Waals surface area contributed by atoms with E-state index in [1.54, 1.807) is 6.92 Å². The van der Waals surface area contributed by atoms with Crippen LogP contribution >= 0.6 is 0 Å². The first kappa shape index (κ1) is 7.24. The average molecular weight is 142 g/mol. The highest BCUT2D eigenvalue weighted by Gasteiger charge is 2.05. The van der Waals surface area contributed by atoms with E-state index >= 15 is 0 Å². The molecule has 0 radical (unpaired) electrons. The Hall–Kier alpha value is -0.870. The van der Waals surface area contributed by atoms with Crippen molar-refractivity contribution in [2.75, 3.05) is 0 Å². The van der Waals surface area contributed by atoms with E-state index in [2.05, 4.69) is 4.98 Å². The molecule has 0 aliphatic heterocycles. The minimum Gasteiger partial charge on any atom is -0.447 e. The van der Waals surface area contributed by atoms with Gasteiger partial charge in [0.1, 0.15) is 12.0 Å². The van der Waals surface area contributed by atoms with Crippen molar-refractivity contribution in [1.29, 1.82) is 0 Å². The molecule has 56 valence electrons. The van der Waals surface area contributed by atoms with E-state index in [1.165, 1.54) is 6.26 Å². The molecule has 4 heteroatoms.